The minimum atomic E-state index is -3.68. The van der Waals surface area contributed by atoms with Crippen molar-refractivity contribution in [1.82, 2.24) is 9.29 Å². The van der Waals surface area contributed by atoms with Gasteiger partial charge in [0.05, 0.1) is 39.4 Å². The maximum Gasteiger partial charge on any atom is 0.280 e. The molecule has 0 radical (unpaired) electrons. The van der Waals surface area contributed by atoms with Crippen molar-refractivity contribution in [3.63, 3.8) is 0 Å². The first kappa shape index (κ1) is 28.7. The normalized spacial score (nSPS) is 14.9. The first-order valence-electron chi connectivity index (χ1n) is 13.7. The van der Waals surface area contributed by atoms with Gasteiger partial charge in [0, 0.05) is 18.7 Å². The Bertz CT molecular complexity index is 2010. The predicted molar refractivity (Wildman–Crippen MR) is 167 cm³/mol. The molecule has 2 aromatic heterocycles. The van der Waals surface area contributed by atoms with Crippen molar-refractivity contribution in [1.29, 1.82) is 0 Å². The Morgan fingerprint density at radius 1 is 1.12 bits per heavy atom. The topological polar surface area (TPSA) is 122 Å². The molecule has 6 rings (SSSR count). The van der Waals surface area contributed by atoms with Gasteiger partial charge in [-0.1, -0.05) is 30.4 Å². The van der Waals surface area contributed by atoms with Crippen LogP contribution in [0.25, 0.3) is 21.2 Å². The average Bonchev–Trinajstić information content (AvgIpc) is 3.45. The van der Waals surface area contributed by atoms with E-state index in [9.17, 15) is 18.0 Å². The number of para-hydroxylation sites is 1. The van der Waals surface area contributed by atoms with Gasteiger partial charge in [0.15, 0.2) is 0 Å². The average molecular weight is 617 g/mol. The Morgan fingerprint density at radius 2 is 1.86 bits per heavy atom. The van der Waals surface area contributed by atoms with E-state index in [1.807, 2.05) is 6.07 Å². The molecule has 10 nitrogen and oxygen atoms in total. The first-order chi connectivity index (χ1) is 20.7. The number of ether oxygens (including phenoxy) is 1. The number of methoxy groups -OCH3 is 1. The Labute approximate surface area is 251 Å². The Morgan fingerprint density at radius 3 is 2.60 bits per heavy atom. The van der Waals surface area contributed by atoms with Crippen molar-refractivity contribution < 1.29 is 22.4 Å². The maximum atomic E-state index is 13.9. The molecule has 220 valence electrons. The smallest absolute Gasteiger partial charge is 0.280 e. The third-order valence-electron chi connectivity index (χ3n) is 7.46. The zero-order chi connectivity index (χ0) is 30.1. The van der Waals surface area contributed by atoms with Gasteiger partial charge >= 0.3 is 0 Å². The quantitative estimate of drug-likeness (QED) is 0.174. The summed E-state index contributed by atoms with van der Waals surface area (Å²) in [6.07, 6.45) is 4.18. The molecule has 1 fully saturated rings. The summed E-state index contributed by atoms with van der Waals surface area (Å²) in [5, 5.41) is 6.13. The first-order valence-corrected chi connectivity index (χ1v) is 15.9. The molecule has 0 unspecified atom stereocenters. The summed E-state index contributed by atoms with van der Waals surface area (Å²) in [5.41, 5.74) is 1.12. The molecule has 0 aliphatic carbocycles. The zero-order valence-electron chi connectivity index (χ0n) is 23.5. The van der Waals surface area contributed by atoms with Crippen LogP contribution in [0.5, 0.6) is 5.75 Å². The number of anilines is 1. The summed E-state index contributed by atoms with van der Waals surface area (Å²) < 4.78 is 39.6. The molecule has 5 aromatic rings. The van der Waals surface area contributed by atoms with Crippen LogP contribution in [0.1, 0.15) is 35.7 Å². The van der Waals surface area contributed by atoms with E-state index in [2.05, 4.69) is 17.0 Å². The summed E-state index contributed by atoms with van der Waals surface area (Å²) in [5.74, 6) is 0.573. The number of hydrazone groups is 1. The second-order valence-electron chi connectivity index (χ2n) is 10.3. The van der Waals surface area contributed by atoms with Gasteiger partial charge in [-0.25, -0.2) is 13.4 Å². The summed E-state index contributed by atoms with van der Waals surface area (Å²) in [7, 11) is -2.12. The highest BCUT2D eigenvalue weighted by molar-refractivity contribution is 7.89. The van der Waals surface area contributed by atoms with Gasteiger partial charge in [-0.15, -0.1) is 0 Å². The fourth-order valence-electron chi connectivity index (χ4n) is 4.87. The number of carbonyl (C=O) groups is 1. The monoisotopic (exact) mass is 616 g/mol. The molecule has 0 bridgehead atoms. The van der Waals surface area contributed by atoms with Crippen LogP contribution in [0.2, 0.25) is 0 Å². The van der Waals surface area contributed by atoms with Crippen LogP contribution in [0.15, 0.2) is 92.2 Å². The lowest BCUT2D eigenvalue weighted by Gasteiger charge is -2.29. The van der Waals surface area contributed by atoms with Gasteiger partial charge in [0.2, 0.25) is 20.6 Å². The van der Waals surface area contributed by atoms with Gasteiger partial charge in [-0.3, -0.25) is 9.59 Å². The zero-order valence-corrected chi connectivity index (χ0v) is 25.1. The summed E-state index contributed by atoms with van der Waals surface area (Å²) in [6.45, 7) is 3.06. The second-order valence-corrected chi connectivity index (χ2v) is 13.3. The van der Waals surface area contributed by atoms with E-state index < -0.39 is 15.9 Å². The molecule has 0 N–H and O–H groups in total. The number of hydrogen-bond donors (Lipinski definition) is 0. The largest absolute Gasteiger partial charge is 0.497 e. The van der Waals surface area contributed by atoms with Gasteiger partial charge in [-0.05, 0) is 73.4 Å². The Hall–Kier alpha value is -4.39. The molecule has 43 heavy (non-hydrogen) atoms. The second kappa shape index (κ2) is 11.7. The molecular formula is C31H28N4O6S2. The number of fused-ring (bicyclic) bond motifs is 2. The molecular weight excluding hydrogens is 588 g/mol. The molecule has 0 atom stereocenters. The molecule has 1 aliphatic rings. The number of carbonyl (C=O) groups excluding carboxylic acids is 1. The minimum Gasteiger partial charge on any atom is -0.497 e. The Balaban J connectivity index is 1.36. The van der Waals surface area contributed by atoms with Gasteiger partial charge < -0.3 is 9.15 Å². The molecule has 3 aromatic carbocycles. The van der Waals surface area contributed by atoms with Crippen LogP contribution in [-0.4, -0.2) is 50.0 Å². The van der Waals surface area contributed by atoms with Crippen molar-refractivity contribution in [2.24, 2.45) is 11.0 Å². The standard InChI is InChI=1S/C31H28N4O6S2/c1-20-13-15-34(16-14-20)43(38,39)24-10-7-21(8-11-24)30(37)35(31-33-26-12-9-23(40-2)17-28(26)42-31)32-18-22-19-41-27-6-4-3-5-25(27)29(22)36/h3-12,17-20H,13-16H2,1-2H3/b32-18+. The van der Waals surface area contributed by atoms with Crippen LogP contribution < -0.4 is 15.2 Å². The molecule has 12 heteroatoms. The number of sulfonamides is 1. The van der Waals surface area contributed by atoms with E-state index >= 15 is 0 Å². The fourth-order valence-corrected chi connectivity index (χ4v) is 7.29. The number of rotatable bonds is 7. The number of aromatic nitrogens is 1. The number of thiazole rings is 1. The number of piperidine rings is 1. The van der Waals surface area contributed by atoms with E-state index in [1.165, 1.54) is 52.4 Å². The highest BCUT2D eigenvalue weighted by atomic mass is 32.2. The van der Waals surface area contributed by atoms with E-state index in [0.29, 0.717) is 41.2 Å². The fraction of sp³-hybridized carbons (Fsp3) is 0.226. The van der Waals surface area contributed by atoms with Gasteiger partial charge in [-0.2, -0.15) is 14.4 Å². The van der Waals surface area contributed by atoms with Gasteiger partial charge in [0.1, 0.15) is 17.6 Å². The van der Waals surface area contributed by atoms with E-state index in [-0.39, 0.29) is 26.6 Å². The molecule has 0 spiro atoms. The lowest BCUT2D eigenvalue weighted by molar-refractivity contribution is 0.0987. The van der Waals surface area contributed by atoms with Crippen molar-refractivity contribution in [2.75, 3.05) is 25.2 Å². The predicted octanol–water partition coefficient (Wildman–Crippen LogP) is 5.51. The lowest BCUT2D eigenvalue weighted by atomic mass is 10.0. The SMILES string of the molecule is COc1ccc2nc(N(/N=C/c3coc4ccccc4c3=O)C(=O)c3ccc(S(=O)(=O)N4CCC(C)CC4)cc3)sc2c1. The molecule has 3 heterocycles. The van der Waals surface area contributed by atoms with Crippen molar-refractivity contribution in [2.45, 2.75) is 24.7 Å². The third-order valence-corrected chi connectivity index (χ3v) is 10.4. The maximum absolute atomic E-state index is 13.9. The molecule has 1 saturated heterocycles. The van der Waals surface area contributed by atoms with Gasteiger partial charge in [0.25, 0.3) is 5.91 Å². The Kier molecular flexibility index (Phi) is 7.82. The molecule has 1 amide bonds. The van der Waals surface area contributed by atoms with E-state index in [0.717, 1.165) is 22.6 Å². The van der Waals surface area contributed by atoms with E-state index in [4.69, 9.17) is 9.15 Å². The van der Waals surface area contributed by atoms with Crippen LogP contribution in [0.4, 0.5) is 5.13 Å². The van der Waals surface area contributed by atoms with Crippen LogP contribution in [0.3, 0.4) is 0 Å². The number of benzene rings is 3. The highest BCUT2D eigenvalue weighted by Crippen LogP contribution is 2.33. The lowest BCUT2D eigenvalue weighted by Crippen LogP contribution is -2.37. The van der Waals surface area contributed by atoms with Crippen molar-refractivity contribution in [3.05, 3.63) is 94.3 Å². The number of nitrogens with zero attached hydrogens (tertiary/aromatic N) is 4. The van der Waals surface area contributed by atoms with Crippen LogP contribution in [0, 0.1) is 5.92 Å². The summed E-state index contributed by atoms with van der Waals surface area (Å²) in [6, 6.07) is 18.0. The van der Waals surface area contributed by atoms with Crippen molar-refractivity contribution in [3.8, 4) is 5.75 Å². The molecule has 0 saturated carbocycles. The van der Waals surface area contributed by atoms with E-state index in [1.54, 1.807) is 43.5 Å². The van der Waals surface area contributed by atoms with Crippen LogP contribution >= 0.6 is 11.3 Å². The third kappa shape index (κ3) is 5.68. The summed E-state index contributed by atoms with van der Waals surface area (Å²) >= 11 is 1.22. The summed E-state index contributed by atoms with van der Waals surface area (Å²) in [4.78, 5) is 31.6. The van der Waals surface area contributed by atoms with Crippen LogP contribution in [-0.2, 0) is 10.0 Å². The highest BCUT2D eigenvalue weighted by Gasteiger charge is 2.29. The molecule has 1 aliphatic heterocycles. The minimum absolute atomic E-state index is 0.120. The number of hydrogen-bond acceptors (Lipinski definition) is 9. The number of amides is 1. The van der Waals surface area contributed by atoms with Crippen molar-refractivity contribution >= 4 is 59.8 Å².